The van der Waals surface area contributed by atoms with Crippen LogP contribution < -0.4 is 43.4 Å². The Kier molecular flexibility index (Phi) is 24.5. The second-order valence-corrected chi connectivity index (χ2v) is 18.3. The number of aliphatic carboxylic acids is 4. The van der Waals surface area contributed by atoms with Gasteiger partial charge in [-0.2, -0.15) is 11.8 Å². The zero-order valence-electron chi connectivity index (χ0n) is 39.4. The largest absolute Gasteiger partial charge is 0.481 e. The first-order valence-corrected chi connectivity index (χ1v) is 24.0. The average Bonchev–Trinajstić information content (AvgIpc) is 3.98. The molecule has 0 spiro atoms. The predicted molar refractivity (Wildman–Crippen MR) is 245 cm³/mol. The summed E-state index contributed by atoms with van der Waals surface area (Å²) in [7, 11) is 0. The van der Waals surface area contributed by atoms with E-state index < -0.39 is 163 Å². The van der Waals surface area contributed by atoms with Gasteiger partial charge in [0.1, 0.15) is 48.3 Å². The number of nitrogens with one attached hydrogen (secondary N) is 6. The van der Waals surface area contributed by atoms with E-state index in [0.29, 0.717) is 18.6 Å². The number of carboxylic acid groups (broad SMARTS) is 4. The Bertz CT molecular complexity index is 1970. The lowest BCUT2D eigenvalue weighted by Gasteiger charge is -2.33. The van der Waals surface area contributed by atoms with E-state index in [4.69, 9.17) is 16.6 Å². The van der Waals surface area contributed by atoms with Gasteiger partial charge in [-0.3, -0.25) is 57.5 Å². The second-order valence-electron chi connectivity index (χ2n) is 17.3. The number of carbonyl (C=O) groups is 13. The summed E-state index contributed by atoms with van der Waals surface area (Å²) in [5.74, 6) is -13.7. The lowest BCUT2D eigenvalue weighted by atomic mass is 10.0. The third-order valence-corrected chi connectivity index (χ3v) is 12.1. The molecule has 28 heteroatoms. The number of nitrogens with zero attached hydrogens (tertiary/aromatic N) is 2. The van der Waals surface area contributed by atoms with Gasteiger partial charge >= 0.3 is 23.9 Å². The number of hydrogen-bond acceptors (Lipinski definition) is 15. The number of nitrogens with two attached hydrogens (primary N) is 2. The van der Waals surface area contributed by atoms with Crippen LogP contribution >= 0.6 is 11.8 Å². The van der Waals surface area contributed by atoms with Crippen molar-refractivity contribution < 1.29 is 82.8 Å². The van der Waals surface area contributed by atoms with E-state index in [1.54, 1.807) is 20.1 Å². The molecule has 2 aliphatic rings. The molecule has 70 heavy (non-hydrogen) atoms. The zero-order chi connectivity index (χ0) is 53.0. The zero-order valence-corrected chi connectivity index (χ0v) is 40.3. The van der Waals surface area contributed by atoms with Crippen LogP contribution in [0.25, 0.3) is 0 Å². The highest BCUT2D eigenvalue weighted by atomic mass is 32.2. The van der Waals surface area contributed by atoms with Gasteiger partial charge in [-0.1, -0.05) is 13.8 Å². The van der Waals surface area contributed by atoms with Crippen molar-refractivity contribution in [2.75, 3.05) is 25.1 Å². The van der Waals surface area contributed by atoms with Crippen molar-refractivity contribution >= 4 is 88.8 Å². The first kappa shape index (κ1) is 59.5. The minimum atomic E-state index is -1.85. The van der Waals surface area contributed by atoms with E-state index in [9.17, 15) is 77.6 Å². The SMILES string of the molecule is CSCCC(NC(=O)C(C)NC(=O)C(CCC(=O)O)NC(=O)C(CC(=O)O)NC(=O)C(N)CCC(=O)O)C(=O)N1CCCC1C(=O)N1CCCC1C(=O)NC(CCC(N)=O)C(=O)NC(C(=O)O)C(C)C. The molecule has 0 radical (unpaired) electrons. The van der Waals surface area contributed by atoms with Gasteiger partial charge in [0.2, 0.25) is 53.2 Å². The first-order chi connectivity index (χ1) is 32.8. The van der Waals surface area contributed by atoms with Crippen LogP contribution in [0.3, 0.4) is 0 Å². The summed E-state index contributed by atoms with van der Waals surface area (Å²) in [4.78, 5) is 168. The van der Waals surface area contributed by atoms with Crippen molar-refractivity contribution in [3.8, 4) is 0 Å². The normalized spacial score (nSPS) is 18.4. The molecule has 0 aromatic rings. The van der Waals surface area contributed by atoms with Crippen molar-refractivity contribution in [3.05, 3.63) is 0 Å². The summed E-state index contributed by atoms with van der Waals surface area (Å²) in [5.41, 5.74) is 11.0. The smallest absolute Gasteiger partial charge is 0.326 e. The van der Waals surface area contributed by atoms with Gasteiger partial charge < -0.3 is 73.6 Å². The molecule has 14 N–H and O–H groups in total. The molecule has 0 saturated carbocycles. The molecular formula is C42H66N10O17S. The fourth-order valence-corrected chi connectivity index (χ4v) is 8.10. The predicted octanol–water partition coefficient (Wildman–Crippen LogP) is -3.81. The summed E-state index contributed by atoms with van der Waals surface area (Å²) in [6, 6.07) is -12.6. The first-order valence-electron chi connectivity index (χ1n) is 22.6. The number of rotatable bonds is 30. The minimum absolute atomic E-state index is 0.0564. The van der Waals surface area contributed by atoms with Gasteiger partial charge in [0.05, 0.1) is 12.5 Å². The van der Waals surface area contributed by atoms with Gasteiger partial charge in [0, 0.05) is 32.4 Å². The maximum absolute atomic E-state index is 14.2. The van der Waals surface area contributed by atoms with Gasteiger partial charge in [-0.25, -0.2) is 4.79 Å². The van der Waals surface area contributed by atoms with Crippen LogP contribution in [0.4, 0.5) is 0 Å². The highest BCUT2D eigenvalue weighted by Gasteiger charge is 2.44. The molecule has 9 amide bonds. The number of carbonyl (C=O) groups excluding carboxylic acids is 9. The number of hydrogen-bond donors (Lipinski definition) is 12. The molecule has 2 heterocycles. The Morgan fingerprint density at radius 1 is 0.586 bits per heavy atom. The summed E-state index contributed by atoms with van der Waals surface area (Å²) in [6.07, 6.45) is -0.839. The second kappa shape index (κ2) is 28.8. The summed E-state index contributed by atoms with van der Waals surface area (Å²) < 4.78 is 0. The Morgan fingerprint density at radius 3 is 1.66 bits per heavy atom. The van der Waals surface area contributed by atoms with Gasteiger partial charge in [0.15, 0.2) is 0 Å². The van der Waals surface area contributed by atoms with Crippen molar-refractivity contribution in [1.82, 2.24) is 41.7 Å². The molecule has 2 rings (SSSR count). The van der Waals surface area contributed by atoms with Crippen LogP contribution in [0.1, 0.15) is 97.8 Å². The van der Waals surface area contributed by atoms with Crippen LogP contribution in [0.5, 0.6) is 0 Å². The Labute approximate surface area is 407 Å². The van der Waals surface area contributed by atoms with E-state index >= 15 is 0 Å². The molecule has 0 aromatic carbocycles. The lowest BCUT2D eigenvalue weighted by molar-refractivity contribution is -0.148. The molecule has 2 aliphatic heterocycles. The Hall–Kier alpha value is -6.58. The number of thioether (sulfide) groups is 1. The summed E-state index contributed by atoms with van der Waals surface area (Å²) >= 11 is 1.34. The van der Waals surface area contributed by atoms with Crippen LogP contribution in [-0.2, 0) is 62.3 Å². The van der Waals surface area contributed by atoms with E-state index in [-0.39, 0.29) is 51.6 Å². The van der Waals surface area contributed by atoms with E-state index in [1.165, 1.54) is 28.5 Å². The maximum Gasteiger partial charge on any atom is 0.326 e. The molecule has 27 nitrogen and oxygen atoms in total. The number of likely N-dealkylation sites (tertiary alicyclic amines) is 2. The standard InChI is InChI=1S/C42H66N10O17S/c1-20(2)33(42(68)69)50-37(63)23(10-12-29(44)53)47-39(65)27-7-5-16-51(27)41(67)28-8-6-17-52(28)40(66)25(15-18-70-4)48-34(60)21(3)45-36(62)24(11-14-31(56)57)46-38(64)26(19-32(58)59)49-35(61)22(43)9-13-30(54)55/h20-28,33H,5-19,43H2,1-4H3,(H2,44,53)(H,45,62)(H,46,64)(H,47,65)(H,48,60)(H,49,61)(H,50,63)(H,54,55)(H,56,57)(H,58,59)(H,68,69). The van der Waals surface area contributed by atoms with E-state index in [1.807, 2.05) is 0 Å². The molecule has 2 saturated heterocycles. The number of primary amides is 1. The van der Waals surface area contributed by atoms with Crippen molar-refractivity contribution in [1.29, 1.82) is 0 Å². The quantitative estimate of drug-likeness (QED) is 0.0328. The lowest BCUT2D eigenvalue weighted by Crippen LogP contribution is -2.60. The highest BCUT2D eigenvalue weighted by Crippen LogP contribution is 2.26. The fourth-order valence-electron chi connectivity index (χ4n) is 7.62. The third-order valence-electron chi connectivity index (χ3n) is 11.5. The minimum Gasteiger partial charge on any atom is -0.481 e. The number of carboxylic acids is 4. The van der Waals surface area contributed by atoms with Gasteiger partial charge in [-0.15, -0.1) is 0 Å². The molecule has 392 valence electrons. The van der Waals surface area contributed by atoms with Crippen LogP contribution in [0.2, 0.25) is 0 Å². The molecule has 9 unspecified atom stereocenters. The van der Waals surface area contributed by atoms with Gasteiger partial charge in [0.25, 0.3) is 0 Å². The van der Waals surface area contributed by atoms with E-state index in [2.05, 4.69) is 31.9 Å². The topological polar surface area (TPSA) is 434 Å². The highest BCUT2D eigenvalue weighted by molar-refractivity contribution is 7.98. The third kappa shape index (κ3) is 19.1. The van der Waals surface area contributed by atoms with Crippen LogP contribution in [-0.4, -0.2) is 187 Å². The average molecular weight is 1020 g/mol. The molecule has 0 aromatic heterocycles. The molecular weight excluding hydrogens is 949 g/mol. The van der Waals surface area contributed by atoms with Crippen LogP contribution in [0.15, 0.2) is 0 Å². The Balaban J connectivity index is 2.25. The van der Waals surface area contributed by atoms with Crippen LogP contribution in [0, 0.1) is 5.92 Å². The molecule has 9 atom stereocenters. The van der Waals surface area contributed by atoms with Crippen molar-refractivity contribution in [2.24, 2.45) is 17.4 Å². The summed E-state index contributed by atoms with van der Waals surface area (Å²) in [6.45, 7) is 4.56. The Morgan fingerprint density at radius 2 is 1.10 bits per heavy atom. The van der Waals surface area contributed by atoms with E-state index in [0.717, 1.165) is 0 Å². The molecule has 0 bridgehead atoms. The maximum atomic E-state index is 14.2. The fraction of sp³-hybridized carbons (Fsp3) is 0.690. The summed E-state index contributed by atoms with van der Waals surface area (Å²) in [5, 5.41) is 51.3. The van der Waals surface area contributed by atoms with Gasteiger partial charge in [-0.05, 0) is 76.2 Å². The monoisotopic (exact) mass is 1010 g/mol. The van der Waals surface area contributed by atoms with Crippen molar-refractivity contribution in [2.45, 2.75) is 152 Å². The molecule has 2 fully saturated rings. The molecule has 0 aliphatic carbocycles. The van der Waals surface area contributed by atoms with Crippen molar-refractivity contribution in [3.63, 3.8) is 0 Å². The number of amides is 9.